The Hall–Kier alpha value is -0.880. The minimum absolute atomic E-state index is 0.0554. The Labute approximate surface area is 118 Å². The maximum Gasteiger partial charge on any atom is 0.147 e. The van der Waals surface area contributed by atoms with Crippen molar-refractivity contribution in [2.45, 2.75) is 18.8 Å². The van der Waals surface area contributed by atoms with Crippen molar-refractivity contribution in [2.24, 2.45) is 0 Å². The van der Waals surface area contributed by atoms with E-state index in [0.29, 0.717) is 5.02 Å². The molecule has 1 saturated heterocycles. The van der Waals surface area contributed by atoms with Crippen LogP contribution in [-0.4, -0.2) is 51.5 Å². The van der Waals surface area contributed by atoms with Crippen LogP contribution in [0, 0.1) is 0 Å². The maximum absolute atomic E-state index is 6.31. The topological polar surface area (TPSA) is 46.6 Å². The lowest BCUT2D eigenvalue weighted by Crippen LogP contribution is -2.27. The lowest BCUT2D eigenvalue weighted by atomic mass is 10.3. The first kappa shape index (κ1) is 14.5. The summed E-state index contributed by atoms with van der Waals surface area (Å²) in [5.74, 6) is 0.795. The highest BCUT2D eigenvalue weighted by atomic mass is 35.5. The van der Waals surface area contributed by atoms with Gasteiger partial charge in [0.25, 0.3) is 0 Å². The molecule has 0 amide bonds. The third-order valence-electron chi connectivity index (χ3n) is 3.38. The molecule has 106 valence electrons. The first-order valence-electron chi connectivity index (χ1n) is 6.29. The molecule has 0 saturated carbocycles. The SMILES string of the molecule is CNCc1cnc(N2CC(OC)C(OC)C2)c(Cl)c1. The summed E-state index contributed by atoms with van der Waals surface area (Å²) in [6.07, 6.45) is 1.96. The molecule has 19 heavy (non-hydrogen) atoms. The van der Waals surface area contributed by atoms with Gasteiger partial charge >= 0.3 is 0 Å². The number of pyridine rings is 1. The van der Waals surface area contributed by atoms with Crippen LogP contribution in [0.3, 0.4) is 0 Å². The van der Waals surface area contributed by atoms with Gasteiger partial charge in [-0.1, -0.05) is 11.6 Å². The molecule has 2 heterocycles. The van der Waals surface area contributed by atoms with Gasteiger partial charge in [-0.3, -0.25) is 0 Å². The minimum Gasteiger partial charge on any atom is -0.377 e. The van der Waals surface area contributed by atoms with Crippen molar-refractivity contribution in [1.82, 2.24) is 10.3 Å². The largest absolute Gasteiger partial charge is 0.377 e. The van der Waals surface area contributed by atoms with E-state index in [9.17, 15) is 0 Å². The first-order chi connectivity index (χ1) is 9.19. The van der Waals surface area contributed by atoms with Gasteiger partial charge in [0.15, 0.2) is 0 Å². The Morgan fingerprint density at radius 2 is 2.00 bits per heavy atom. The van der Waals surface area contributed by atoms with Gasteiger partial charge in [-0.25, -0.2) is 4.98 Å². The van der Waals surface area contributed by atoms with Crippen molar-refractivity contribution in [3.63, 3.8) is 0 Å². The van der Waals surface area contributed by atoms with Crippen LogP contribution in [0.25, 0.3) is 0 Å². The molecule has 6 heteroatoms. The summed E-state index contributed by atoms with van der Waals surface area (Å²) in [5.41, 5.74) is 1.07. The van der Waals surface area contributed by atoms with Gasteiger partial charge in [-0.15, -0.1) is 0 Å². The molecule has 0 radical (unpaired) electrons. The van der Waals surface area contributed by atoms with Gasteiger partial charge in [-0.05, 0) is 18.7 Å². The van der Waals surface area contributed by atoms with E-state index in [-0.39, 0.29) is 12.2 Å². The van der Waals surface area contributed by atoms with Crippen LogP contribution in [0.4, 0.5) is 5.82 Å². The molecule has 0 aromatic carbocycles. The van der Waals surface area contributed by atoms with Crippen molar-refractivity contribution < 1.29 is 9.47 Å². The highest BCUT2D eigenvalue weighted by Gasteiger charge is 2.34. The molecule has 2 atom stereocenters. The number of hydrogen-bond acceptors (Lipinski definition) is 5. The number of ether oxygens (including phenoxy) is 2. The molecule has 2 rings (SSSR count). The zero-order valence-electron chi connectivity index (χ0n) is 11.5. The molecule has 0 spiro atoms. The van der Waals surface area contributed by atoms with E-state index in [2.05, 4.69) is 15.2 Å². The Morgan fingerprint density at radius 1 is 1.37 bits per heavy atom. The fraction of sp³-hybridized carbons (Fsp3) is 0.615. The van der Waals surface area contributed by atoms with E-state index in [1.54, 1.807) is 14.2 Å². The molecule has 2 unspecified atom stereocenters. The van der Waals surface area contributed by atoms with Crippen molar-refractivity contribution in [2.75, 3.05) is 39.3 Å². The molecule has 1 aromatic rings. The van der Waals surface area contributed by atoms with Crippen LogP contribution in [0.15, 0.2) is 12.3 Å². The average Bonchev–Trinajstić information content (AvgIpc) is 2.82. The van der Waals surface area contributed by atoms with Crippen LogP contribution >= 0.6 is 11.6 Å². The van der Waals surface area contributed by atoms with Gasteiger partial charge in [0.1, 0.15) is 18.0 Å². The molecule has 1 aromatic heterocycles. The molecular formula is C13H20ClN3O2. The van der Waals surface area contributed by atoms with E-state index >= 15 is 0 Å². The Bertz CT molecular complexity index is 418. The summed E-state index contributed by atoms with van der Waals surface area (Å²) in [6, 6.07) is 1.95. The number of methoxy groups -OCH3 is 2. The van der Waals surface area contributed by atoms with Crippen molar-refractivity contribution in [1.29, 1.82) is 0 Å². The standard InChI is InChI=1S/C13H20ClN3O2/c1-15-5-9-4-10(14)13(16-6-9)17-7-11(18-2)12(8-17)19-3/h4,6,11-12,15H,5,7-8H2,1-3H3. The Morgan fingerprint density at radius 3 is 2.47 bits per heavy atom. The number of hydrogen-bond donors (Lipinski definition) is 1. The highest BCUT2D eigenvalue weighted by Crippen LogP contribution is 2.28. The average molecular weight is 286 g/mol. The van der Waals surface area contributed by atoms with Gasteiger partial charge in [-0.2, -0.15) is 0 Å². The van der Waals surface area contributed by atoms with E-state index in [0.717, 1.165) is 31.0 Å². The summed E-state index contributed by atoms with van der Waals surface area (Å²) in [7, 11) is 5.30. The summed E-state index contributed by atoms with van der Waals surface area (Å²) >= 11 is 6.31. The van der Waals surface area contributed by atoms with Crippen LogP contribution in [-0.2, 0) is 16.0 Å². The molecule has 5 nitrogen and oxygen atoms in total. The Balaban J connectivity index is 2.14. The second-order valence-electron chi connectivity index (χ2n) is 4.63. The van der Waals surface area contributed by atoms with Crippen LogP contribution in [0.1, 0.15) is 5.56 Å². The zero-order valence-corrected chi connectivity index (χ0v) is 12.3. The zero-order chi connectivity index (χ0) is 13.8. The van der Waals surface area contributed by atoms with Gasteiger partial charge in [0.05, 0.1) is 5.02 Å². The normalized spacial score (nSPS) is 23.1. The van der Waals surface area contributed by atoms with E-state index in [4.69, 9.17) is 21.1 Å². The summed E-state index contributed by atoms with van der Waals surface area (Å²) in [6.45, 7) is 2.24. The van der Waals surface area contributed by atoms with Gasteiger partial charge in [0, 0.05) is 40.1 Å². The molecule has 1 fully saturated rings. The second-order valence-corrected chi connectivity index (χ2v) is 5.04. The third kappa shape index (κ3) is 3.17. The number of rotatable bonds is 5. The summed E-state index contributed by atoms with van der Waals surface area (Å²) in [5, 5.41) is 3.75. The molecule has 0 bridgehead atoms. The predicted octanol–water partition coefficient (Wildman–Crippen LogP) is 1.30. The fourth-order valence-electron chi connectivity index (χ4n) is 2.37. The highest BCUT2D eigenvalue weighted by molar-refractivity contribution is 6.33. The Kier molecular flexibility index (Phi) is 4.99. The van der Waals surface area contributed by atoms with E-state index in [1.165, 1.54) is 0 Å². The van der Waals surface area contributed by atoms with Gasteiger partial charge in [0.2, 0.25) is 0 Å². The third-order valence-corrected chi connectivity index (χ3v) is 3.66. The fourth-order valence-corrected chi connectivity index (χ4v) is 2.68. The van der Waals surface area contributed by atoms with Crippen molar-refractivity contribution in [3.05, 3.63) is 22.8 Å². The van der Waals surface area contributed by atoms with Crippen molar-refractivity contribution >= 4 is 17.4 Å². The number of halogens is 1. The minimum atomic E-state index is 0.0554. The van der Waals surface area contributed by atoms with E-state index < -0.39 is 0 Å². The van der Waals surface area contributed by atoms with Crippen molar-refractivity contribution in [3.8, 4) is 0 Å². The van der Waals surface area contributed by atoms with Crippen LogP contribution in [0.2, 0.25) is 5.02 Å². The lowest BCUT2D eigenvalue weighted by molar-refractivity contribution is -0.00461. The smallest absolute Gasteiger partial charge is 0.147 e. The van der Waals surface area contributed by atoms with E-state index in [1.807, 2.05) is 19.3 Å². The molecule has 1 N–H and O–H groups in total. The van der Waals surface area contributed by atoms with Gasteiger partial charge < -0.3 is 19.7 Å². The molecule has 0 aliphatic carbocycles. The monoisotopic (exact) mass is 285 g/mol. The maximum atomic E-state index is 6.31. The quantitative estimate of drug-likeness (QED) is 0.884. The van der Waals surface area contributed by atoms with Crippen LogP contribution in [0.5, 0.6) is 0 Å². The number of aromatic nitrogens is 1. The van der Waals surface area contributed by atoms with Crippen LogP contribution < -0.4 is 10.2 Å². The second kappa shape index (κ2) is 6.52. The number of anilines is 1. The number of nitrogens with one attached hydrogen (secondary N) is 1. The molecule has 1 aliphatic heterocycles. The predicted molar refractivity (Wildman–Crippen MR) is 75.8 cm³/mol. The first-order valence-corrected chi connectivity index (χ1v) is 6.67. The molecule has 1 aliphatic rings. The lowest BCUT2D eigenvalue weighted by Gasteiger charge is -2.18. The summed E-state index contributed by atoms with van der Waals surface area (Å²) < 4.78 is 10.8. The summed E-state index contributed by atoms with van der Waals surface area (Å²) in [4.78, 5) is 6.56. The number of nitrogens with zero attached hydrogens (tertiary/aromatic N) is 2. The molecular weight excluding hydrogens is 266 g/mol.